The summed E-state index contributed by atoms with van der Waals surface area (Å²) in [6, 6.07) is 1.54. The van der Waals surface area contributed by atoms with Gasteiger partial charge in [0, 0.05) is 18.9 Å². The number of carboxylic acids is 1. The van der Waals surface area contributed by atoms with Crippen LogP contribution >= 0.6 is 0 Å². The number of hydrogen-bond donors (Lipinski definition) is 2. The zero-order chi connectivity index (χ0) is 13.5. The fourth-order valence-electron chi connectivity index (χ4n) is 1.36. The van der Waals surface area contributed by atoms with Crippen molar-refractivity contribution >= 4 is 11.9 Å². The SMILES string of the molecule is CCC(CNC(=O)Cn1cccnc1=O)C(=O)O. The molecule has 0 fully saturated rings. The van der Waals surface area contributed by atoms with Gasteiger partial charge in [0.1, 0.15) is 6.54 Å². The maximum absolute atomic E-state index is 11.5. The Bertz CT molecular complexity index is 483. The summed E-state index contributed by atoms with van der Waals surface area (Å²) < 4.78 is 1.15. The Hall–Kier alpha value is -2.18. The zero-order valence-electron chi connectivity index (χ0n) is 10.00. The van der Waals surface area contributed by atoms with Gasteiger partial charge in [0.05, 0.1) is 5.92 Å². The van der Waals surface area contributed by atoms with Gasteiger partial charge in [-0.25, -0.2) is 9.78 Å². The zero-order valence-corrected chi connectivity index (χ0v) is 10.00. The van der Waals surface area contributed by atoms with Crippen LogP contribution in [0.2, 0.25) is 0 Å². The number of aromatic nitrogens is 2. The van der Waals surface area contributed by atoms with Crippen LogP contribution in [0.5, 0.6) is 0 Å². The first kappa shape index (κ1) is 13.9. The summed E-state index contributed by atoms with van der Waals surface area (Å²) >= 11 is 0. The lowest BCUT2D eigenvalue weighted by Gasteiger charge is -2.11. The summed E-state index contributed by atoms with van der Waals surface area (Å²) in [6.07, 6.45) is 3.22. The van der Waals surface area contributed by atoms with Gasteiger partial charge in [0.15, 0.2) is 0 Å². The Morgan fingerprint density at radius 2 is 2.28 bits per heavy atom. The Balaban J connectivity index is 2.50. The van der Waals surface area contributed by atoms with Crippen LogP contribution in [0.4, 0.5) is 0 Å². The van der Waals surface area contributed by atoms with E-state index in [1.807, 2.05) is 0 Å². The summed E-state index contributed by atoms with van der Waals surface area (Å²) in [5.41, 5.74) is -0.516. The highest BCUT2D eigenvalue weighted by Crippen LogP contribution is 2.00. The number of hydrogen-bond acceptors (Lipinski definition) is 4. The van der Waals surface area contributed by atoms with Gasteiger partial charge in [-0.1, -0.05) is 6.92 Å². The minimum atomic E-state index is -0.948. The maximum Gasteiger partial charge on any atom is 0.347 e. The number of carboxylic acid groups (broad SMARTS) is 1. The second-order valence-corrected chi connectivity index (χ2v) is 3.78. The van der Waals surface area contributed by atoms with Crippen LogP contribution in [0.1, 0.15) is 13.3 Å². The van der Waals surface area contributed by atoms with Crippen molar-refractivity contribution in [3.05, 3.63) is 28.9 Å². The highest BCUT2D eigenvalue weighted by atomic mass is 16.4. The lowest BCUT2D eigenvalue weighted by Crippen LogP contribution is -2.37. The van der Waals surface area contributed by atoms with Gasteiger partial charge in [0.2, 0.25) is 5.91 Å². The van der Waals surface area contributed by atoms with Crippen molar-refractivity contribution in [1.29, 1.82) is 0 Å². The van der Waals surface area contributed by atoms with Crippen LogP contribution in [0.25, 0.3) is 0 Å². The number of nitrogens with one attached hydrogen (secondary N) is 1. The quantitative estimate of drug-likeness (QED) is 0.709. The Kier molecular flexibility index (Phi) is 5.04. The van der Waals surface area contributed by atoms with Gasteiger partial charge in [-0.05, 0) is 12.5 Å². The summed E-state index contributed by atoms with van der Waals surface area (Å²) in [5.74, 6) is -1.97. The molecule has 0 aliphatic carbocycles. The number of carbonyl (C=O) groups is 2. The number of amides is 1. The molecule has 1 atom stereocenters. The predicted octanol–water partition coefficient (Wildman–Crippen LogP) is -0.530. The molecule has 7 nitrogen and oxygen atoms in total. The predicted molar refractivity (Wildman–Crippen MR) is 62.9 cm³/mol. The van der Waals surface area contributed by atoms with Crippen molar-refractivity contribution in [3.8, 4) is 0 Å². The first-order valence-electron chi connectivity index (χ1n) is 5.55. The number of carbonyl (C=O) groups excluding carboxylic acids is 1. The Labute approximate surface area is 103 Å². The number of aliphatic carboxylic acids is 1. The molecule has 1 amide bonds. The molecule has 98 valence electrons. The first-order chi connectivity index (χ1) is 8.54. The van der Waals surface area contributed by atoms with Gasteiger partial charge in [-0.2, -0.15) is 0 Å². The molecule has 1 aromatic rings. The van der Waals surface area contributed by atoms with E-state index in [0.29, 0.717) is 6.42 Å². The highest BCUT2D eigenvalue weighted by Gasteiger charge is 2.15. The van der Waals surface area contributed by atoms with Crippen molar-refractivity contribution in [2.45, 2.75) is 19.9 Å². The standard InChI is InChI=1S/C11H15N3O4/c1-2-8(10(16)17)6-13-9(15)7-14-5-3-4-12-11(14)18/h3-5,8H,2,6-7H2,1H3,(H,13,15)(H,16,17). The van der Waals surface area contributed by atoms with E-state index in [2.05, 4.69) is 10.3 Å². The monoisotopic (exact) mass is 253 g/mol. The third-order valence-electron chi connectivity index (χ3n) is 2.48. The van der Waals surface area contributed by atoms with E-state index in [-0.39, 0.29) is 13.1 Å². The van der Waals surface area contributed by atoms with E-state index >= 15 is 0 Å². The van der Waals surface area contributed by atoms with Crippen LogP contribution in [0.3, 0.4) is 0 Å². The second kappa shape index (κ2) is 6.53. The summed E-state index contributed by atoms with van der Waals surface area (Å²) in [5, 5.41) is 11.3. The fraction of sp³-hybridized carbons (Fsp3) is 0.455. The van der Waals surface area contributed by atoms with Gasteiger partial charge >= 0.3 is 11.7 Å². The van der Waals surface area contributed by atoms with E-state index in [1.165, 1.54) is 12.4 Å². The average Bonchev–Trinajstić information content (AvgIpc) is 2.32. The first-order valence-corrected chi connectivity index (χ1v) is 5.55. The molecule has 0 aliphatic rings. The molecule has 0 aliphatic heterocycles. The molecule has 1 unspecified atom stereocenters. The third-order valence-corrected chi connectivity index (χ3v) is 2.48. The molecule has 2 N–H and O–H groups in total. The molecule has 0 saturated heterocycles. The molecule has 7 heteroatoms. The summed E-state index contributed by atoms with van der Waals surface area (Å²) in [4.78, 5) is 37.0. The molecule has 0 spiro atoms. The average molecular weight is 253 g/mol. The van der Waals surface area contributed by atoms with Crippen LogP contribution < -0.4 is 11.0 Å². The molecule has 18 heavy (non-hydrogen) atoms. The molecule has 1 aromatic heterocycles. The van der Waals surface area contributed by atoms with Crippen molar-refractivity contribution < 1.29 is 14.7 Å². The van der Waals surface area contributed by atoms with E-state index in [0.717, 1.165) is 4.57 Å². The molecule has 0 aromatic carbocycles. The highest BCUT2D eigenvalue weighted by molar-refractivity contribution is 5.77. The van der Waals surface area contributed by atoms with Crippen molar-refractivity contribution in [1.82, 2.24) is 14.9 Å². The molecular weight excluding hydrogens is 238 g/mol. The van der Waals surface area contributed by atoms with E-state index < -0.39 is 23.5 Å². The maximum atomic E-state index is 11.5. The van der Waals surface area contributed by atoms with E-state index in [1.54, 1.807) is 13.0 Å². The molecule has 0 saturated carbocycles. The lowest BCUT2D eigenvalue weighted by molar-refractivity contribution is -0.141. The number of rotatable bonds is 6. The third kappa shape index (κ3) is 4.00. The fourth-order valence-corrected chi connectivity index (χ4v) is 1.36. The van der Waals surface area contributed by atoms with Crippen LogP contribution in [-0.2, 0) is 16.1 Å². The molecule has 0 bridgehead atoms. The lowest BCUT2D eigenvalue weighted by atomic mass is 10.1. The minimum Gasteiger partial charge on any atom is -0.481 e. The smallest absolute Gasteiger partial charge is 0.347 e. The normalized spacial score (nSPS) is 11.8. The van der Waals surface area contributed by atoms with Crippen LogP contribution in [0, 0.1) is 5.92 Å². The van der Waals surface area contributed by atoms with Crippen LogP contribution in [-0.4, -0.2) is 33.1 Å². The molecule has 1 rings (SSSR count). The number of nitrogens with zero attached hydrogens (tertiary/aromatic N) is 2. The summed E-state index contributed by atoms with van der Waals surface area (Å²) in [6.45, 7) is 1.62. The van der Waals surface area contributed by atoms with Gasteiger partial charge < -0.3 is 10.4 Å². The van der Waals surface area contributed by atoms with Gasteiger partial charge in [0.25, 0.3) is 0 Å². The van der Waals surface area contributed by atoms with Gasteiger partial charge in [-0.15, -0.1) is 0 Å². The largest absolute Gasteiger partial charge is 0.481 e. The second-order valence-electron chi connectivity index (χ2n) is 3.78. The Morgan fingerprint density at radius 3 is 2.83 bits per heavy atom. The topological polar surface area (TPSA) is 101 Å². The van der Waals surface area contributed by atoms with Gasteiger partial charge in [-0.3, -0.25) is 14.2 Å². The molecule has 0 radical (unpaired) electrons. The summed E-state index contributed by atoms with van der Waals surface area (Å²) in [7, 11) is 0. The van der Waals surface area contributed by atoms with Crippen molar-refractivity contribution in [3.63, 3.8) is 0 Å². The minimum absolute atomic E-state index is 0.0552. The Morgan fingerprint density at radius 1 is 1.56 bits per heavy atom. The van der Waals surface area contributed by atoms with Crippen LogP contribution in [0.15, 0.2) is 23.3 Å². The van der Waals surface area contributed by atoms with Crippen molar-refractivity contribution in [2.75, 3.05) is 6.54 Å². The van der Waals surface area contributed by atoms with E-state index in [4.69, 9.17) is 5.11 Å². The van der Waals surface area contributed by atoms with Crippen molar-refractivity contribution in [2.24, 2.45) is 5.92 Å². The molecular formula is C11H15N3O4. The molecule has 1 heterocycles. The van der Waals surface area contributed by atoms with E-state index in [9.17, 15) is 14.4 Å².